The Bertz CT molecular complexity index is 706. The van der Waals surface area contributed by atoms with Gasteiger partial charge in [-0.2, -0.15) is 0 Å². The molecule has 2 aromatic rings. The molecule has 1 aromatic carbocycles. The summed E-state index contributed by atoms with van der Waals surface area (Å²) in [4.78, 5) is 24.7. The van der Waals surface area contributed by atoms with Crippen LogP contribution in [0, 0.1) is 6.92 Å². The molecule has 1 N–H and O–H groups in total. The summed E-state index contributed by atoms with van der Waals surface area (Å²) in [5.41, 5.74) is 1.17. The van der Waals surface area contributed by atoms with Crippen LogP contribution in [0.1, 0.15) is 33.9 Å². The smallest absolute Gasteiger partial charge is 0.339 e. The van der Waals surface area contributed by atoms with Crippen LogP contribution in [0.3, 0.4) is 0 Å². The lowest BCUT2D eigenvalue weighted by molar-refractivity contribution is -0.130. The van der Waals surface area contributed by atoms with Gasteiger partial charge in [0.05, 0.1) is 6.54 Å². The van der Waals surface area contributed by atoms with Crippen molar-refractivity contribution in [2.75, 3.05) is 7.05 Å². The van der Waals surface area contributed by atoms with Crippen molar-refractivity contribution >= 4 is 23.5 Å². The average Bonchev–Trinajstić information content (AvgIpc) is 2.87. The van der Waals surface area contributed by atoms with E-state index in [4.69, 9.17) is 21.1 Å². The molecule has 0 atom stereocenters. The highest BCUT2D eigenvalue weighted by atomic mass is 35.5. The highest BCUT2D eigenvalue weighted by molar-refractivity contribution is 6.30. The zero-order chi connectivity index (χ0) is 17.0. The number of carboxylic acid groups (broad SMARTS) is 1. The minimum absolute atomic E-state index is 0.0362. The van der Waals surface area contributed by atoms with E-state index in [1.165, 1.54) is 11.0 Å². The van der Waals surface area contributed by atoms with Gasteiger partial charge in [-0.1, -0.05) is 23.7 Å². The molecule has 23 heavy (non-hydrogen) atoms. The van der Waals surface area contributed by atoms with Gasteiger partial charge in [0, 0.05) is 18.5 Å². The first kappa shape index (κ1) is 17.1. The van der Waals surface area contributed by atoms with Crippen LogP contribution < -0.4 is 0 Å². The molecule has 0 saturated heterocycles. The van der Waals surface area contributed by atoms with Crippen LogP contribution in [0.15, 0.2) is 34.7 Å². The maximum Gasteiger partial charge on any atom is 0.339 e. The molecule has 122 valence electrons. The molecule has 0 aliphatic heterocycles. The van der Waals surface area contributed by atoms with Gasteiger partial charge in [0.25, 0.3) is 0 Å². The lowest BCUT2D eigenvalue weighted by Gasteiger charge is -2.15. The maximum absolute atomic E-state index is 12.2. The zero-order valence-electron chi connectivity index (χ0n) is 13.0. The molecule has 0 unspecified atom stereocenters. The van der Waals surface area contributed by atoms with Crippen LogP contribution in [-0.4, -0.2) is 28.9 Å². The van der Waals surface area contributed by atoms with Gasteiger partial charge in [-0.25, -0.2) is 4.79 Å². The molecule has 0 spiro atoms. The largest absolute Gasteiger partial charge is 0.478 e. The van der Waals surface area contributed by atoms with Crippen LogP contribution >= 0.6 is 11.6 Å². The van der Waals surface area contributed by atoms with Crippen molar-refractivity contribution in [1.29, 1.82) is 0 Å². The van der Waals surface area contributed by atoms with Crippen molar-refractivity contribution in [3.63, 3.8) is 0 Å². The SMILES string of the molecule is Cc1oc(CN(C)C(=O)CCc2ccc(Cl)cc2)cc1C(=O)O. The van der Waals surface area contributed by atoms with Crippen molar-refractivity contribution in [1.82, 2.24) is 4.90 Å². The molecule has 1 heterocycles. The van der Waals surface area contributed by atoms with Gasteiger partial charge in [0.2, 0.25) is 5.91 Å². The third kappa shape index (κ3) is 4.60. The molecule has 0 bridgehead atoms. The summed E-state index contributed by atoms with van der Waals surface area (Å²) in [6.07, 6.45) is 0.988. The Morgan fingerprint density at radius 2 is 1.91 bits per heavy atom. The summed E-state index contributed by atoms with van der Waals surface area (Å²) in [5, 5.41) is 9.67. The molecule has 2 rings (SSSR count). The molecule has 5 nitrogen and oxygen atoms in total. The van der Waals surface area contributed by atoms with E-state index in [1.54, 1.807) is 26.1 Å². The first-order chi connectivity index (χ1) is 10.9. The number of nitrogens with zero attached hydrogens (tertiary/aromatic N) is 1. The molecule has 1 aromatic heterocycles. The fourth-order valence-electron chi connectivity index (χ4n) is 2.25. The first-order valence-corrected chi connectivity index (χ1v) is 7.55. The monoisotopic (exact) mass is 335 g/mol. The second kappa shape index (κ2) is 7.33. The standard InChI is InChI=1S/C17H18ClNO4/c1-11-15(17(21)22)9-14(23-11)10-19(2)16(20)8-5-12-3-6-13(18)7-4-12/h3-4,6-7,9H,5,8,10H2,1-2H3,(H,21,22). The Labute approximate surface area is 139 Å². The fourth-order valence-corrected chi connectivity index (χ4v) is 2.38. The molecule has 0 saturated carbocycles. The predicted molar refractivity (Wildman–Crippen MR) is 86.7 cm³/mol. The van der Waals surface area contributed by atoms with Gasteiger partial charge in [-0.15, -0.1) is 0 Å². The van der Waals surface area contributed by atoms with E-state index in [1.807, 2.05) is 12.1 Å². The Kier molecular flexibility index (Phi) is 5.45. The second-order valence-electron chi connectivity index (χ2n) is 5.36. The van der Waals surface area contributed by atoms with E-state index in [0.29, 0.717) is 29.4 Å². The first-order valence-electron chi connectivity index (χ1n) is 7.18. The number of furan rings is 1. The van der Waals surface area contributed by atoms with Gasteiger partial charge in [-0.05, 0) is 37.1 Å². The number of hydrogen-bond acceptors (Lipinski definition) is 3. The lowest BCUT2D eigenvalue weighted by Crippen LogP contribution is -2.26. The van der Waals surface area contributed by atoms with Gasteiger partial charge >= 0.3 is 5.97 Å². The summed E-state index contributed by atoms with van der Waals surface area (Å²) in [6.45, 7) is 1.84. The van der Waals surface area contributed by atoms with Crippen LogP contribution in [-0.2, 0) is 17.8 Å². The molecule has 1 amide bonds. The number of rotatable bonds is 6. The van der Waals surface area contributed by atoms with E-state index in [-0.39, 0.29) is 18.0 Å². The van der Waals surface area contributed by atoms with Gasteiger partial charge < -0.3 is 14.4 Å². The van der Waals surface area contributed by atoms with E-state index in [9.17, 15) is 9.59 Å². The zero-order valence-corrected chi connectivity index (χ0v) is 13.8. The average molecular weight is 336 g/mol. The molecule has 6 heteroatoms. The Morgan fingerprint density at radius 1 is 1.26 bits per heavy atom. The van der Waals surface area contributed by atoms with Crippen LogP contribution in [0.2, 0.25) is 5.02 Å². The molecule has 0 aliphatic rings. The third-order valence-corrected chi connectivity index (χ3v) is 3.81. The summed E-state index contributed by atoms with van der Waals surface area (Å²) < 4.78 is 5.38. The molecular weight excluding hydrogens is 318 g/mol. The number of aromatic carboxylic acids is 1. The van der Waals surface area contributed by atoms with E-state index in [0.717, 1.165) is 5.56 Å². The predicted octanol–water partition coefficient (Wildman–Crippen LogP) is 3.53. The number of benzene rings is 1. The van der Waals surface area contributed by atoms with Crippen LogP contribution in [0.4, 0.5) is 0 Å². The number of hydrogen-bond donors (Lipinski definition) is 1. The van der Waals surface area contributed by atoms with E-state index >= 15 is 0 Å². The number of halogens is 1. The number of amides is 1. The molecule has 0 radical (unpaired) electrons. The highest BCUT2D eigenvalue weighted by Crippen LogP contribution is 2.17. The van der Waals surface area contributed by atoms with E-state index in [2.05, 4.69) is 0 Å². The van der Waals surface area contributed by atoms with E-state index < -0.39 is 5.97 Å². The number of carboxylic acids is 1. The molecule has 0 aliphatic carbocycles. The summed E-state index contributed by atoms with van der Waals surface area (Å²) in [5.74, 6) is -0.267. The normalized spacial score (nSPS) is 10.6. The number of carbonyl (C=O) groups is 2. The van der Waals surface area contributed by atoms with Crippen molar-refractivity contribution in [3.8, 4) is 0 Å². The Balaban J connectivity index is 1.91. The minimum atomic E-state index is -1.03. The second-order valence-corrected chi connectivity index (χ2v) is 5.80. The Hall–Kier alpha value is -2.27. The number of carbonyl (C=O) groups excluding carboxylic acids is 1. The Morgan fingerprint density at radius 3 is 2.48 bits per heavy atom. The van der Waals surface area contributed by atoms with Crippen molar-refractivity contribution < 1.29 is 19.1 Å². The highest BCUT2D eigenvalue weighted by Gasteiger charge is 2.16. The van der Waals surface area contributed by atoms with Gasteiger partial charge in [0.1, 0.15) is 17.1 Å². The van der Waals surface area contributed by atoms with Crippen LogP contribution in [0.25, 0.3) is 0 Å². The minimum Gasteiger partial charge on any atom is -0.478 e. The number of aryl methyl sites for hydroxylation is 2. The van der Waals surface area contributed by atoms with Gasteiger partial charge in [0.15, 0.2) is 0 Å². The quantitative estimate of drug-likeness (QED) is 0.876. The van der Waals surface area contributed by atoms with Crippen molar-refractivity contribution in [3.05, 3.63) is 58.0 Å². The maximum atomic E-state index is 12.2. The van der Waals surface area contributed by atoms with Crippen LogP contribution in [0.5, 0.6) is 0 Å². The topological polar surface area (TPSA) is 70.8 Å². The lowest BCUT2D eigenvalue weighted by atomic mass is 10.1. The molecular formula is C17H18ClNO4. The van der Waals surface area contributed by atoms with Crippen molar-refractivity contribution in [2.24, 2.45) is 0 Å². The third-order valence-electron chi connectivity index (χ3n) is 3.56. The van der Waals surface area contributed by atoms with Crippen molar-refractivity contribution in [2.45, 2.75) is 26.3 Å². The van der Waals surface area contributed by atoms with Gasteiger partial charge in [-0.3, -0.25) is 4.79 Å². The summed E-state index contributed by atoms with van der Waals surface area (Å²) >= 11 is 5.82. The summed E-state index contributed by atoms with van der Waals surface area (Å²) in [7, 11) is 1.67. The molecule has 0 fully saturated rings. The fraction of sp³-hybridized carbons (Fsp3) is 0.294. The summed E-state index contributed by atoms with van der Waals surface area (Å²) in [6, 6.07) is 8.84.